The molecule has 0 N–H and O–H groups in total. The van der Waals surface area contributed by atoms with Gasteiger partial charge in [0.2, 0.25) is 5.52 Å². The summed E-state index contributed by atoms with van der Waals surface area (Å²) in [5, 5.41) is 1.39. The average molecular weight is 254 g/mol. The van der Waals surface area contributed by atoms with Gasteiger partial charge in [-0.3, -0.25) is 0 Å². The van der Waals surface area contributed by atoms with Crippen LogP contribution in [0.5, 0.6) is 0 Å². The minimum Gasteiger partial charge on any atom is -0.196 e. The van der Waals surface area contributed by atoms with Crippen molar-refractivity contribution in [3.8, 4) is 0 Å². The molecule has 1 saturated carbocycles. The summed E-state index contributed by atoms with van der Waals surface area (Å²) >= 11 is 0. The molecule has 0 amide bonds. The minimum atomic E-state index is 0.522. The smallest absolute Gasteiger partial charge is 0.196 e. The third-order valence-electron chi connectivity index (χ3n) is 4.46. The number of pyridine rings is 1. The summed E-state index contributed by atoms with van der Waals surface area (Å²) in [6.07, 6.45) is 9.38. The quantitative estimate of drug-likeness (QED) is 0.681. The van der Waals surface area contributed by atoms with E-state index >= 15 is 0 Å². The molecule has 1 fully saturated rings. The molecule has 2 aromatic rings. The van der Waals surface area contributed by atoms with Crippen LogP contribution in [0.25, 0.3) is 10.9 Å². The molecule has 0 unspecified atom stereocenters. The Hall–Kier alpha value is -1.37. The zero-order valence-corrected chi connectivity index (χ0v) is 12.1. The topological polar surface area (TPSA) is 3.88 Å². The Kier molecular flexibility index (Phi) is 3.54. The second-order valence-corrected chi connectivity index (χ2v) is 6.17. The average Bonchev–Trinajstić information content (AvgIpc) is 2.47. The number of para-hydroxylation sites is 1. The van der Waals surface area contributed by atoms with Crippen molar-refractivity contribution in [1.29, 1.82) is 0 Å². The van der Waals surface area contributed by atoms with Gasteiger partial charge in [-0.25, -0.2) is 0 Å². The normalized spacial score (nSPS) is 17.2. The Balaban J connectivity index is 2.10. The Morgan fingerprint density at radius 1 is 1.05 bits per heavy atom. The molecule has 0 radical (unpaired) electrons. The molecule has 19 heavy (non-hydrogen) atoms. The van der Waals surface area contributed by atoms with E-state index in [0.717, 1.165) is 5.92 Å². The van der Waals surface area contributed by atoms with Gasteiger partial charge in [0.05, 0.1) is 0 Å². The highest BCUT2D eigenvalue weighted by atomic mass is 15.0. The van der Waals surface area contributed by atoms with E-state index in [1.165, 1.54) is 43.0 Å². The molecule has 0 spiro atoms. The molecule has 0 saturated heterocycles. The van der Waals surface area contributed by atoms with Crippen molar-refractivity contribution in [1.82, 2.24) is 0 Å². The van der Waals surface area contributed by atoms with Crippen molar-refractivity contribution in [3.63, 3.8) is 0 Å². The van der Waals surface area contributed by atoms with Crippen LogP contribution >= 0.6 is 0 Å². The standard InChI is InChI=1S/C18H24N/c1-14(2)19-13-17(15-8-4-3-5-9-15)12-16-10-6-7-11-18(16)19/h6-7,10-15H,3-5,8-9H2,1-2H3/q+1. The van der Waals surface area contributed by atoms with Gasteiger partial charge >= 0.3 is 0 Å². The number of nitrogens with zero attached hydrogens (tertiary/aromatic N) is 1. The van der Waals surface area contributed by atoms with Crippen LogP contribution in [-0.2, 0) is 0 Å². The molecule has 1 heterocycles. The van der Waals surface area contributed by atoms with Crippen molar-refractivity contribution in [2.45, 2.75) is 57.9 Å². The Morgan fingerprint density at radius 2 is 1.79 bits per heavy atom. The fraction of sp³-hybridized carbons (Fsp3) is 0.500. The maximum absolute atomic E-state index is 2.44. The van der Waals surface area contributed by atoms with E-state index in [4.69, 9.17) is 0 Å². The van der Waals surface area contributed by atoms with E-state index in [9.17, 15) is 0 Å². The molecule has 100 valence electrons. The highest BCUT2D eigenvalue weighted by Gasteiger charge is 2.21. The molecule has 1 heteroatoms. The monoisotopic (exact) mass is 254 g/mol. The van der Waals surface area contributed by atoms with Crippen molar-refractivity contribution in [3.05, 3.63) is 42.1 Å². The predicted molar refractivity (Wildman–Crippen MR) is 80.4 cm³/mol. The van der Waals surface area contributed by atoms with Crippen LogP contribution in [0.4, 0.5) is 0 Å². The SMILES string of the molecule is CC(C)[n+]1cc(C2CCCCC2)cc2ccccc21. The van der Waals surface area contributed by atoms with E-state index in [0.29, 0.717) is 6.04 Å². The molecule has 3 rings (SSSR count). The van der Waals surface area contributed by atoms with Gasteiger partial charge in [0.1, 0.15) is 0 Å². The lowest BCUT2D eigenvalue weighted by Gasteiger charge is -2.21. The molecule has 1 aromatic carbocycles. The summed E-state index contributed by atoms with van der Waals surface area (Å²) in [5.74, 6) is 0.781. The lowest BCUT2D eigenvalue weighted by Crippen LogP contribution is -2.37. The van der Waals surface area contributed by atoms with Crippen LogP contribution in [-0.4, -0.2) is 0 Å². The fourth-order valence-corrected chi connectivity index (χ4v) is 3.38. The molecule has 1 aliphatic rings. The molecule has 0 bridgehead atoms. The molecule has 0 aliphatic heterocycles. The Morgan fingerprint density at radius 3 is 2.53 bits per heavy atom. The summed E-state index contributed by atoms with van der Waals surface area (Å²) in [7, 11) is 0. The van der Waals surface area contributed by atoms with Crippen LogP contribution in [0.1, 0.15) is 63.5 Å². The van der Waals surface area contributed by atoms with Crippen LogP contribution in [0.2, 0.25) is 0 Å². The number of hydrogen-bond acceptors (Lipinski definition) is 0. The van der Waals surface area contributed by atoms with Crippen molar-refractivity contribution < 1.29 is 4.57 Å². The van der Waals surface area contributed by atoms with E-state index in [-0.39, 0.29) is 0 Å². The summed E-state index contributed by atoms with van der Waals surface area (Å²) < 4.78 is 2.44. The van der Waals surface area contributed by atoms with Crippen molar-refractivity contribution >= 4 is 10.9 Å². The van der Waals surface area contributed by atoms with Crippen LogP contribution in [0, 0.1) is 0 Å². The van der Waals surface area contributed by atoms with E-state index in [2.05, 4.69) is 54.9 Å². The Bertz CT molecular complexity index is 565. The first kappa shape index (κ1) is 12.7. The second-order valence-electron chi connectivity index (χ2n) is 6.17. The number of aromatic nitrogens is 1. The third kappa shape index (κ3) is 2.51. The zero-order valence-electron chi connectivity index (χ0n) is 12.1. The minimum absolute atomic E-state index is 0.522. The van der Waals surface area contributed by atoms with Gasteiger partial charge in [0.25, 0.3) is 0 Å². The number of benzene rings is 1. The molecule has 0 atom stereocenters. The van der Waals surface area contributed by atoms with Crippen LogP contribution in [0.15, 0.2) is 36.5 Å². The molecule has 1 aromatic heterocycles. The summed E-state index contributed by atoms with van der Waals surface area (Å²) in [4.78, 5) is 0. The van der Waals surface area contributed by atoms with Gasteiger partial charge in [-0.2, -0.15) is 4.57 Å². The van der Waals surface area contributed by atoms with Gasteiger partial charge in [-0.1, -0.05) is 31.4 Å². The fourth-order valence-electron chi connectivity index (χ4n) is 3.38. The summed E-state index contributed by atoms with van der Waals surface area (Å²) in [5.41, 5.74) is 2.91. The summed E-state index contributed by atoms with van der Waals surface area (Å²) in [6, 6.07) is 11.7. The first-order valence-corrected chi connectivity index (χ1v) is 7.69. The maximum Gasteiger partial charge on any atom is 0.212 e. The van der Waals surface area contributed by atoms with Gasteiger partial charge in [-0.15, -0.1) is 0 Å². The first-order chi connectivity index (χ1) is 9.25. The third-order valence-corrected chi connectivity index (χ3v) is 4.46. The maximum atomic E-state index is 2.44. The second kappa shape index (κ2) is 5.32. The zero-order chi connectivity index (χ0) is 13.2. The predicted octanol–water partition coefficient (Wildman–Crippen LogP) is 4.76. The largest absolute Gasteiger partial charge is 0.212 e. The number of fused-ring (bicyclic) bond motifs is 1. The van der Waals surface area contributed by atoms with Crippen LogP contribution in [0.3, 0.4) is 0 Å². The van der Waals surface area contributed by atoms with Gasteiger partial charge < -0.3 is 0 Å². The van der Waals surface area contributed by atoms with E-state index < -0.39 is 0 Å². The van der Waals surface area contributed by atoms with E-state index in [1.54, 1.807) is 5.56 Å². The number of rotatable bonds is 2. The van der Waals surface area contributed by atoms with Crippen molar-refractivity contribution in [2.24, 2.45) is 0 Å². The molecule has 1 aliphatic carbocycles. The van der Waals surface area contributed by atoms with Gasteiger partial charge in [-0.05, 0) is 44.7 Å². The molecular formula is C18H24N+. The lowest BCUT2D eigenvalue weighted by atomic mass is 9.84. The summed E-state index contributed by atoms with van der Waals surface area (Å²) in [6.45, 7) is 4.55. The Labute approximate surface area is 116 Å². The lowest BCUT2D eigenvalue weighted by molar-refractivity contribution is -0.691. The van der Waals surface area contributed by atoms with Crippen molar-refractivity contribution in [2.75, 3.05) is 0 Å². The molecular weight excluding hydrogens is 230 g/mol. The van der Waals surface area contributed by atoms with Gasteiger partial charge in [0, 0.05) is 17.0 Å². The van der Waals surface area contributed by atoms with E-state index in [1.807, 2.05) is 0 Å². The van der Waals surface area contributed by atoms with Gasteiger partial charge in [0.15, 0.2) is 12.2 Å². The van der Waals surface area contributed by atoms with Crippen LogP contribution < -0.4 is 4.57 Å². The highest BCUT2D eigenvalue weighted by Crippen LogP contribution is 2.33. The molecule has 1 nitrogen and oxygen atoms in total. The highest BCUT2D eigenvalue weighted by molar-refractivity contribution is 5.76. The number of hydrogen-bond donors (Lipinski definition) is 0. The first-order valence-electron chi connectivity index (χ1n) is 7.69.